The lowest BCUT2D eigenvalue weighted by Crippen LogP contribution is -2.34. The lowest BCUT2D eigenvalue weighted by Gasteiger charge is -2.28. The number of hydrogen-bond acceptors (Lipinski definition) is 3. The number of thiophene rings is 1. The Morgan fingerprint density at radius 3 is 2.82 bits per heavy atom. The van der Waals surface area contributed by atoms with Crippen LogP contribution in [0.4, 0.5) is 0 Å². The minimum atomic E-state index is -0.0893. The van der Waals surface area contributed by atoms with Gasteiger partial charge in [0.25, 0.3) is 0 Å². The summed E-state index contributed by atoms with van der Waals surface area (Å²) in [5.74, 6) is 0.451. The van der Waals surface area contributed by atoms with Crippen molar-refractivity contribution in [3.05, 3.63) is 21.9 Å². The summed E-state index contributed by atoms with van der Waals surface area (Å²) in [7, 11) is 0. The predicted octanol–water partition coefficient (Wildman–Crippen LogP) is 3.26. The Labute approximate surface area is 108 Å². The lowest BCUT2D eigenvalue weighted by molar-refractivity contribution is 0.0684. The second-order valence-electron chi connectivity index (χ2n) is 5.19. The summed E-state index contributed by atoms with van der Waals surface area (Å²) in [6, 6.07) is 4.78. The smallest absolute Gasteiger partial charge is 0.0580 e. The van der Waals surface area contributed by atoms with E-state index < -0.39 is 0 Å². The molecule has 0 bridgehead atoms. The molecule has 0 radical (unpaired) electrons. The number of aliphatic hydroxyl groups excluding tert-OH is 1. The van der Waals surface area contributed by atoms with E-state index in [1.807, 2.05) is 11.3 Å². The summed E-state index contributed by atoms with van der Waals surface area (Å²) in [5.41, 5.74) is 0. The molecule has 2 N–H and O–H groups in total. The van der Waals surface area contributed by atoms with Crippen LogP contribution in [0.5, 0.6) is 0 Å². The number of hydrogen-bond donors (Lipinski definition) is 2. The van der Waals surface area contributed by atoms with Crippen molar-refractivity contribution in [2.24, 2.45) is 5.92 Å². The monoisotopic (exact) mass is 253 g/mol. The molecular formula is C14H23NOS. The fraction of sp³-hybridized carbons (Fsp3) is 0.714. The minimum Gasteiger partial charge on any atom is -0.393 e. The fourth-order valence-electron chi connectivity index (χ4n) is 2.54. The summed E-state index contributed by atoms with van der Waals surface area (Å²) in [5, 5.41) is 13.5. The van der Waals surface area contributed by atoms with E-state index in [0.29, 0.717) is 12.0 Å². The van der Waals surface area contributed by atoms with Gasteiger partial charge in [0.2, 0.25) is 0 Å². The average Bonchev–Trinajstić information content (AvgIpc) is 2.74. The van der Waals surface area contributed by atoms with E-state index >= 15 is 0 Å². The van der Waals surface area contributed by atoms with Gasteiger partial charge in [-0.1, -0.05) is 12.8 Å². The first-order chi connectivity index (χ1) is 8.16. The third-order valence-electron chi connectivity index (χ3n) is 3.74. The molecule has 1 saturated carbocycles. The zero-order chi connectivity index (χ0) is 12.3. The van der Waals surface area contributed by atoms with Gasteiger partial charge in [0.05, 0.1) is 6.10 Å². The van der Waals surface area contributed by atoms with Gasteiger partial charge in [0, 0.05) is 22.3 Å². The summed E-state index contributed by atoms with van der Waals surface area (Å²) in [4.78, 5) is 2.76. The molecule has 1 aliphatic carbocycles. The second-order valence-corrected chi connectivity index (χ2v) is 6.51. The molecule has 0 aromatic carbocycles. The molecule has 17 heavy (non-hydrogen) atoms. The fourth-order valence-corrected chi connectivity index (χ4v) is 3.45. The van der Waals surface area contributed by atoms with Crippen molar-refractivity contribution in [1.82, 2.24) is 5.32 Å². The van der Waals surface area contributed by atoms with E-state index in [4.69, 9.17) is 0 Å². The predicted molar refractivity (Wildman–Crippen MR) is 73.4 cm³/mol. The van der Waals surface area contributed by atoms with Gasteiger partial charge in [0.1, 0.15) is 0 Å². The molecule has 1 heterocycles. The molecule has 96 valence electrons. The van der Waals surface area contributed by atoms with E-state index in [-0.39, 0.29) is 6.10 Å². The Balaban J connectivity index is 1.81. The van der Waals surface area contributed by atoms with Crippen LogP contribution < -0.4 is 5.32 Å². The van der Waals surface area contributed by atoms with Gasteiger partial charge in [-0.2, -0.15) is 0 Å². The molecule has 3 atom stereocenters. The molecule has 1 aromatic heterocycles. The first-order valence-corrected chi connectivity index (χ1v) is 7.46. The first kappa shape index (κ1) is 13.1. The van der Waals surface area contributed by atoms with Gasteiger partial charge >= 0.3 is 0 Å². The van der Waals surface area contributed by atoms with Crippen LogP contribution in [0.3, 0.4) is 0 Å². The van der Waals surface area contributed by atoms with Crippen LogP contribution in [-0.2, 0) is 0 Å². The summed E-state index contributed by atoms with van der Waals surface area (Å²) in [6.07, 6.45) is 4.53. The lowest BCUT2D eigenvalue weighted by atomic mass is 9.86. The number of aliphatic hydroxyl groups is 1. The van der Waals surface area contributed by atoms with Gasteiger partial charge in [-0.25, -0.2) is 0 Å². The van der Waals surface area contributed by atoms with Crippen LogP contribution in [0, 0.1) is 12.8 Å². The Kier molecular flexibility index (Phi) is 4.60. The SMILES string of the molecule is Cc1ccc(C(C)NCC2CCCCC2O)s1. The van der Waals surface area contributed by atoms with Crippen LogP contribution in [-0.4, -0.2) is 17.8 Å². The molecule has 3 unspecified atom stereocenters. The molecule has 1 aromatic rings. The largest absolute Gasteiger partial charge is 0.393 e. The van der Waals surface area contributed by atoms with Crippen molar-refractivity contribution in [2.45, 2.75) is 51.7 Å². The van der Waals surface area contributed by atoms with E-state index in [9.17, 15) is 5.11 Å². The van der Waals surface area contributed by atoms with Crippen LogP contribution in [0.15, 0.2) is 12.1 Å². The van der Waals surface area contributed by atoms with Crippen LogP contribution in [0.2, 0.25) is 0 Å². The maximum atomic E-state index is 9.92. The summed E-state index contributed by atoms with van der Waals surface area (Å²) in [6.45, 7) is 5.30. The quantitative estimate of drug-likeness (QED) is 0.863. The second kappa shape index (κ2) is 5.98. The highest BCUT2D eigenvalue weighted by Crippen LogP contribution is 2.26. The van der Waals surface area contributed by atoms with Crippen molar-refractivity contribution in [3.63, 3.8) is 0 Å². The molecule has 0 amide bonds. The van der Waals surface area contributed by atoms with Crippen molar-refractivity contribution >= 4 is 11.3 Å². The molecule has 1 aliphatic rings. The van der Waals surface area contributed by atoms with E-state index in [2.05, 4.69) is 31.3 Å². The zero-order valence-electron chi connectivity index (χ0n) is 10.8. The van der Waals surface area contributed by atoms with Crippen molar-refractivity contribution in [3.8, 4) is 0 Å². The summed E-state index contributed by atoms with van der Waals surface area (Å²) >= 11 is 1.86. The first-order valence-electron chi connectivity index (χ1n) is 6.64. The zero-order valence-corrected chi connectivity index (χ0v) is 11.6. The third-order valence-corrected chi connectivity index (χ3v) is 4.93. The number of aryl methyl sites for hydroxylation is 1. The molecule has 1 fully saturated rings. The standard InChI is InChI=1S/C14H23NOS/c1-10-7-8-14(17-10)11(2)15-9-12-5-3-4-6-13(12)16/h7-8,11-13,15-16H,3-6,9H2,1-2H3. The van der Waals surface area contributed by atoms with Crippen molar-refractivity contribution < 1.29 is 5.11 Å². The van der Waals surface area contributed by atoms with Gasteiger partial charge < -0.3 is 10.4 Å². The molecule has 2 nitrogen and oxygen atoms in total. The molecule has 0 spiro atoms. The topological polar surface area (TPSA) is 32.3 Å². The maximum Gasteiger partial charge on any atom is 0.0580 e. The van der Waals surface area contributed by atoms with Crippen molar-refractivity contribution in [2.75, 3.05) is 6.54 Å². The molecular weight excluding hydrogens is 230 g/mol. The highest BCUT2D eigenvalue weighted by molar-refractivity contribution is 7.12. The maximum absolute atomic E-state index is 9.92. The van der Waals surface area contributed by atoms with E-state index in [0.717, 1.165) is 13.0 Å². The van der Waals surface area contributed by atoms with Gasteiger partial charge in [-0.15, -0.1) is 11.3 Å². The minimum absolute atomic E-state index is 0.0893. The van der Waals surface area contributed by atoms with Gasteiger partial charge in [-0.3, -0.25) is 0 Å². The molecule has 2 rings (SSSR count). The number of nitrogens with one attached hydrogen (secondary N) is 1. The normalized spacial score (nSPS) is 27.0. The Morgan fingerprint density at radius 1 is 1.41 bits per heavy atom. The highest BCUT2D eigenvalue weighted by Gasteiger charge is 2.23. The van der Waals surface area contributed by atoms with E-state index in [1.54, 1.807) is 0 Å². The highest BCUT2D eigenvalue weighted by atomic mass is 32.1. The van der Waals surface area contributed by atoms with Crippen molar-refractivity contribution in [1.29, 1.82) is 0 Å². The Hall–Kier alpha value is -0.380. The average molecular weight is 253 g/mol. The van der Waals surface area contributed by atoms with Crippen LogP contribution in [0.1, 0.15) is 48.4 Å². The van der Waals surface area contributed by atoms with Gasteiger partial charge in [-0.05, 0) is 44.7 Å². The Morgan fingerprint density at radius 2 is 2.18 bits per heavy atom. The molecule has 3 heteroatoms. The number of rotatable bonds is 4. The summed E-state index contributed by atoms with van der Waals surface area (Å²) < 4.78 is 0. The van der Waals surface area contributed by atoms with Gasteiger partial charge in [0.15, 0.2) is 0 Å². The third kappa shape index (κ3) is 3.54. The Bertz CT molecular complexity index is 350. The molecule has 0 aliphatic heterocycles. The van der Waals surface area contributed by atoms with Crippen LogP contribution >= 0.6 is 11.3 Å². The van der Waals surface area contributed by atoms with Crippen LogP contribution in [0.25, 0.3) is 0 Å². The van der Waals surface area contributed by atoms with E-state index in [1.165, 1.54) is 29.0 Å². The molecule has 0 saturated heterocycles.